The number of nitrogens with zero attached hydrogens (tertiary/aromatic N) is 1. The quantitative estimate of drug-likeness (QED) is 0.785. The maximum atomic E-state index is 12.3. The molecule has 2 aromatic heterocycles. The van der Waals surface area contributed by atoms with Crippen molar-refractivity contribution in [1.82, 2.24) is 9.88 Å². The first-order valence-electron chi connectivity index (χ1n) is 7.75. The molecule has 0 atom stereocenters. The number of furan rings is 1. The van der Waals surface area contributed by atoms with Crippen LogP contribution in [0, 0.1) is 6.92 Å². The van der Waals surface area contributed by atoms with E-state index in [1.54, 1.807) is 6.20 Å². The van der Waals surface area contributed by atoms with E-state index in [-0.39, 0.29) is 11.5 Å². The largest absolute Gasteiger partial charge is 0.466 e. The standard InChI is InChI=1S/C19H18N2O3/c1-14-7-9-17(24-14)11-12-20-19(23)15-8-10-18(22)21(13-15)16-5-3-2-4-6-16/h2-10,13H,11-12H2,1H3,(H,20,23). The van der Waals surface area contributed by atoms with Crippen molar-refractivity contribution in [3.63, 3.8) is 0 Å². The van der Waals surface area contributed by atoms with Crippen molar-refractivity contribution in [3.8, 4) is 5.69 Å². The molecule has 1 N–H and O–H groups in total. The number of amides is 1. The molecule has 0 fully saturated rings. The highest BCUT2D eigenvalue weighted by atomic mass is 16.3. The van der Waals surface area contributed by atoms with Crippen molar-refractivity contribution in [2.45, 2.75) is 13.3 Å². The Bertz CT molecular complexity index is 894. The Labute approximate surface area is 139 Å². The van der Waals surface area contributed by atoms with Crippen LogP contribution >= 0.6 is 0 Å². The lowest BCUT2D eigenvalue weighted by molar-refractivity contribution is 0.0953. The van der Waals surface area contributed by atoms with E-state index < -0.39 is 0 Å². The number of rotatable bonds is 5. The highest BCUT2D eigenvalue weighted by Gasteiger charge is 2.09. The van der Waals surface area contributed by atoms with Gasteiger partial charge in [-0.3, -0.25) is 14.2 Å². The van der Waals surface area contributed by atoms with E-state index in [0.29, 0.717) is 18.5 Å². The lowest BCUT2D eigenvalue weighted by Crippen LogP contribution is -2.27. The van der Waals surface area contributed by atoms with Crippen LogP contribution in [0.25, 0.3) is 5.69 Å². The summed E-state index contributed by atoms with van der Waals surface area (Å²) >= 11 is 0. The summed E-state index contributed by atoms with van der Waals surface area (Å²) in [7, 11) is 0. The van der Waals surface area contributed by atoms with E-state index >= 15 is 0 Å². The summed E-state index contributed by atoms with van der Waals surface area (Å²) < 4.78 is 6.93. The first-order chi connectivity index (χ1) is 11.6. The third kappa shape index (κ3) is 3.63. The molecule has 0 spiro atoms. The van der Waals surface area contributed by atoms with Crippen LogP contribution in [0.1, 0.15) is 21.9 Å². The predicted molar refractivity (Wildman–Crippen MR) is 91.5 cm³/mol. The Balaban J connectivity index is 1.70. The van der Waals surface area contributed by atoms with Gasteiger partial charge in [-0.25, -0.2) is 0 Å². The zero-order valence-corrected chi connectivity index (χ0v) is 13.4. The van der Waals surface area contributed by atoms with Crippen LogP contribution in [0.15, 0.2) is 70.0 Å². The molecule has 0 aliphatic rings. The van der Waals surface area contributed by atoms with Gasteiger partial charge in [-0.15, -0.1) is 0 Å². The molecule has 0 saturated carbocycles. The van der Waals surface area contributed by atoms with Gasteiger partial charge in [0.25, 0.3) is 11.5 Å². The number of carbonyl (C=O) groups is 1. The minimum absolute atomic E-state index is 0.177. The first-order valence-corrected chi connectivity index (χ1v) is 7.75. The minimum atomic E-state index is -0.219. The molecule has 5 nitrogen and oxygen atoms in total. The number of carbonyl (C=O) groups excluding carboxylic acids is 1. The molecule has 2 heterocycles. The van der Waals surface area contributed by atoms with Crippen molar-refractivity contribution in [1.29, 1.82) is 0 Å². The third-order valence-electron chi connectivity index (χ3n) is 3.66. The number of hydrogen-bond acceptors (Lipinski definition) is 3. The zero-order chi connectivity index (χ0) is 16.9. The molecular formula is C19H18N2O3. The van der Waals surface area contributed by atoms with Crippen LogP contribution in [0.3, 0.4) is 0 Å². The van der Waals surface area contributed by atoms with E-state index in [1.807, 2.05) is 49.4 Å². The highest BCUT2D eigenvalue weighted by molar-refractivity contribution is 5.93. The number of aryl methyl sites for hydroxylation is 1. The Morgan fingerprint density at radius 1 is 1.08 bits per heavy atom. The van der Waals surface area contributed by atoms with Crippen molar-refractivity contribution in [3.05, 3.63) is 88.2 Å². The van der Waals surface area contributed by atoms with E-state index in [4.69, 9.17) is 4.42 Å². The van der Waals surface area contributed by atoms with Crippen LogP contribution in [0.5, 0.6) is 0 Å². The summed E-state index contributed by atoms with van der Waals surface area (Å²) in [5, 5.41) is 2.84. The normalized spacial score (nSPS) is 10.5. The number of benzene rings is 1. The molecule has 3 aromatic rings. The molecule has 0 bridgehead atoms. The fourth-order valence-electron chi connectivity index (χ4n) is 2.43. The molecule has 0 aliphatic heterocycles. The summed E-state index contributed by atoms with van der Waals surface area (Å²) in [5.74, 6) is 1.47. The second-order valence-corrected chi connectivity index (χ2v) is 5.48. The summed E-state index contributed by atoms with van der Waals surface area (Å²) in [5.41, 5.74) is 0.987. The Morgan fingerprint density at radius 2 is 1.88 bits per heavy atom. The van der Waals surface area contributed by atoms with Crippen LogP contribution in [-0.2, 0) is 6.42 Å². The Morgan fingerprint density at radius 3 is 2.58 bits per heavy atom. The highest BCUT2D eigenvalue weighted by Crippen LogP contribution is 2.07. The van der Waals surface area contributed by atoms with Gasteiger partial charge in [0.1, 0.15) is 11.5 Å². The number of pyridine rings is 1. The molecule has 5 heteroatoms. The summed E-state index contributed by atoms with van der Waals surface area (Å²) in [6, 6.07) is 15.9. The number of para-hydroxylation sites is 1. The minimum Gasteiger partial charge on any atom is -0.466 e. The number of nitrogens with one attached hydrogen (secondary N) is 1. The number of aromatic nitrogens is 1. The molecule has 24 heavy (non-hydrogen) atoms. The van der Waals surface area contributed by atoms with E-state index in [0.717, 1.165) is 17.2 Å². The SMILES string of the molecule is Cc1ccc(CCNC(=O)c2ccc(=O)n(-c3ccccc3)c2)o1. The number of hydrogen-bond donors (Lipinski definition) is 1. The van der Waals surface area contributed by atoms with Crippen molar-refractivity contribution in [2.75, 3.05) is 6.54 Å². The maximum absolute atomic E-state index is 12.3. The van der Waals surface area contributed by atoms with Gasteiger partial charge < -0.3 is 9.73 Å². The summed E-state index contributed by atoms with van der Waals surface area (Å²) in [4.78, 5) is 24.3. The topological polar surface area (TPSA) is 64.2 Å². The van der Waals surface area contributed by atoms with Crippen molar-refractivity contribution in [2.24, 2.45) is 0 Å². The molecule has 3 rings (SSSR count). The van der Waals surface area contributed by atoms with Crippen molar-refractivity contribution < 1.29 is 9.21 Å². The van der Waals surface area contributed by atoms with Gasteiger partial charge in [-0.05, 0) is 37.3 Å². The van der Waals surface area contributed by atoms with Gasteiger partial charge in [0, 0.05) is 30.9 Å². The second kappa shape index (κ2) is 7.00. The zero-order valence-electron chi connectivity index (χ0n) is 13.4. The van der Waals surface area contributed by atoms with Gasteiger partial charge in [-0.2, -0.15) is 0 Å². The summed E-state index contributed by atoms with van der Waals surface area (Å²) in [6.45, 7) is 2.35. The van der Waals surface area contributed by atoms with Gasteiger partial charge in [-0.1, -0.05) is 18.2 Å². The first kappa shape index (κ1) is 15.8. The molecule has 0 aliphatic carbocycles. The van der Waals surface area contributed by atoms with Crippen LogP contribution in [-0.4, -0.2) is 17.0 Å². The molecule has 0 radical (unpaired) electrons. The maximum Gasteiger partial charge on any atom is 0.255 e. The van der Waals surface area contributed by atoms with Crippen LogP contribution in [0.4, 0.5) is 0 Å². The Hall–Kier alpha value is -3.08. The van der Waals surface area contributed by atoms with Crippen molar-refractivity contribution >= 4 is 5.91 Å². The third-order valence-corrected chi connectivity index (χ3v) is 3.66. The fourth-order valence-corrected chi connectivity index (χ4v) is 2.43. The lowest BCUT2D eigenvalue weighted by atomic mass is 10.2. The van der Waals surface area contributed by atoms with E-state index in [9.17, 15) is 9.59 Å². The average Bonchev–Trinajstić information content (AvgIpc) is 3.01. The molecule has 0 saturated heterocycles. The molecular weight excluding hydrogens is 304 g/mol. The molecule has 0 unspecified atom stereocenters. The van der Waals surface area contributed by atoms with Gasteiger partial charge in [0.15, 0.2) is 0 Å². The molecule has 1 amide bonds. The summed E-state index contributed by atoms with van der Waals surface area (Å²) in [6.07, 6.45) is 2.18. The lowest BCUT2D eigenvalue weighted by Gasteiger charge is -2.08. The van der Waals surface area contributed by atoms with Gasteiger partial charge in [0.2, 0.25) is 0 Å². The van der Waals surface area contributed by atoms with Gasteiger partial charge in [0.05, 0.1) is 5.56 Å². The molecule has 1 aromatic carbocycles. The van der Waals surface area contributed by atoms with Crippen LogP contribution in [0.2, 0.25) is 0 Å². The second-order valence-electron chi connectivity index (χ2n) is 5.48. The van der Waals surface area contributed by atoms with Crippen LogP contribution < -0.4 is 10.9 Å². The van der Waals surface area contributed by atoms with E-state index in [2.05, 4.69) is 5.32 Å². The smallest absolute Gasteiger partial charge is 0.255 e. The average molecular weight is 322 g/mol. The molecule has 122 valence electrons. The Kier molecular flexibility index (Phi) is 4.61. The monoisotopic (exact) mass is 322 g/mol. The fraction of sp³-hybridized carbons (Fsp3) is 0.158. The van der Waals surface area contributed by atoms with Gasteiger partial charge >= 0.3 is 0 Å². The predicted octanol–water partition coefficient (Wildman–Crippen LogP) is 2.71. The van der Waals surface area contributed by atoms with E-state index in [1.165, 1.54) is 16.7 Å².